The van der Waals surface area contributed by atoms with Gasteiger partial charge in [-0.15, -0.1) is 0 Å². The highest BCUT2D eigenvalue weighted by atomic mass is 19.1. The molecule has 0 fully saturated rings. The lowest BCUT2D eigenvalue weighted by Crippen LogP contribution is -2.16. The number of carbonyl (C=O) groups excluding carboxylic acids is 1. The number of halogens is 1. The monoisotopic (exact) mass is 366 g/mol. The molecule has 8 heteroatoms. The van der Waals surface area contributed by atoms with Crippen LogP contribution in [0, 0.1) is 5.82 Å². The molecule has 7 nitrogen and oxygen atoms in total. The summed E-state index contributed by atoms with van der Waals surface area (Å²) in [5.41, 5.74) is 0.787. The molecule has 0 saturated heterocycles. The Hall–Kier alpha value is -3.94. The third kappa shape index (κ3) is 4.79. The fraction of sp³-hybridized carbons (Fsp3) is 0. The van der Waals surface area contributed by atoms with Gasteiger partial charge in [-0.2, -0.15) is 0 Å². The first-order valence-electron chi connectivity index (χ1n) is 7.91. The van der Waals surface area contributed by atoms with Gasteiger partial charge in [0, 0.05) is 11.8 Å². The molecule has 1 aromatic heterocycles. The Labute approximate surface area is 153 Å². The highest BCUT2D eigenvalue weighted by Crippen LogP contribution is 2.22. The van der Waals surface area contributed by atoms with Crippen LogP contribution < -0.4 is 16.0 Å². The maximum Gasteiger partial charge on any atom is 0.409 e. The van der Waals surface area contributed by atoms with Gasteiger partial charge in [-0.3, -0.25) is 10.1 Å². The van der Waals surface area contributed by atoms with Crippen molar-refractivity contribution in [1.29, 1.82) is 0 Å². The van der Waals surface area contributed by atoms with Gasteiger partial charge >= 0.3 is 6.09 Å². The summed E-state index contributed by atoms with van der Waals surface area (Å²) in [6.45, 7) is 0. The van der Waals surface area contributed by atoms with E-state index >= 15 is 0 Å². The maximum atomic E-state index is 13.9. The summed E-state index contributed by atoms with van der Waals surface area (Å²) in [5.74, 6) is -0.928. The zero-order valence-electron chi connectivity index (χ0n) is 13.9. The molecular formula is C19H15FN4O3. The minimum absolute atomic E-state index is 0.0380. The number of hydrogen-bond acceptors (Lipinski definition) is 4. The molecule has 0 aliphatic heterocycles. The molecule has 0 unspecified atom stereocenters. The van der Waals surface area contributed by atoms with Gasteiger partial charge in [-0.25, -0.2) is 14.2 Å². The Morgan fingerprint density at radius 3 is 2.30 bits per heavy atom. The fourth-order valence-corrected chi connectivity index (χ4v) is 2.32. The van der Waals surface area contributed by atoms with E-state index < -0.39 is 17.8 Å². The van der Waals surface area contributed by atoms with Crippen molar-refractivity contribution in [3.05, 3.63) is 78.2 Å². The minimum Gasteiger partial charge on any atom is -0.465 e. The predicted octanol–water partition coefficient (Wildman–Crippen LogP) is 4.31. The van der Waals surface area contributed by atoms with E-state index in [2.05, 4.69) is 20.9 Å². The van der Waals surface area contributed by atoms with Crippen LogP contribution in [0.5, 0.6) is 0 Å². The molecule has 27 heavy (non-hydrogen) atoms. The second-order valence-electron chi connectivity index (χ2n) is 5.48. The third-order valence-electron chi connectivity index (χ3n) is 3.48. The number of carbonyl (C=O) groups is 2. The van der Waals surface area contributed by atoms with E-state index in [0.717, 1.165) is 0 Å². The van der Waals surface area contributed by atoms with E-state index in [1.165, 1.54) is 30.3 Å². The normalized spacial score (nSPS) is 10.1. The molecule has 2 aromatic carbocycles. The topological polar surface area (TPSA) is 103 Å². The Morgan fingerprint density at radius 1 is 0.889 bits per heavy atom. The standard InChI is InChI=1S/C19H15FN4O3/c20-14-8-4-5-9-15(14)23-17-11-13(22-19(26)27)10-16(24-17)18(25)21-12-6-2-1-3-7-12/h1-11H,(H,21,25)(H,26,27)(H2,22,23,24). The average Bonchev–Trinajstić information content (AvgIpc) is 2.64. The van der Waals surface area contributed by atoms with Gasteiger partial charge in [0.25, 0.3) is 5.91 Å². The van der Waals surface area contributed by atoms with Crippen molar-refractivity contribution < 1.29 is 19.1 Å². The van der Waals surface area contributed by atoms with Crippen molar-refractivity contribution in [1.82, 2.24) is 4.98 Å². The molecule has 0 atom stereocenters. The van der Waals surface area contributed by atoms with Crippen molar-refractivity contribution in [3.8, 4) is 0 Å². The van der Waals surface area contributed by atoms with E-state index in [-0.39, 0.29) is 22.9 Å². The summed E-state index contributed by atoms with van der Waals surface area (Å²) >= 11 is 0. The highest BCUT2D eigenvalue weighted by molar-refractivity contribution is 6.04. The number of rotatable bonds is 5. The number of hydrogen-bond donors (Lipinski definition) is 4. The van der Waals surface area contributed by atoms with E-state index in [1.54, 1.807) is 30.3 Å². The maximum absolute atomic E-state index is 13.9. The zero-order chi connectivity index (χ0) is 19.2. The summed E-state index contributed by atoms with van der Waals surface area (Å²) < 4.78 is 13.9. The van der Waals surface area contributed by atoms with Crippen LogP contribution in [0.1, 0.15) is 10.5 Å². The predicted molar refractivity (Wildman–Crippen MR) is 100.0 cm³/mol. The number of anilines is 4. The number of nitrogens with zero attached hydrogens (tertiary/aromatic N) is 1. The molecule has 3 rings (SSSR count). The van der Waals surface area contributed by atoms with Crippen molar-refractivity contribution >= 4 is 34.9 Å². The number of benzene rings is 2. The van der Waals surface area contributed by atoms with Gasteiger partial charge in [-0.1, -0.05) is 30.3 Å². The number of nitrogens with one attached hydrogen (secondary N) is 3. The molecule has 0 saturated carbocycles. The lowest BCUT2D eigenvalue weighted by molar-refractivity contribution is 0.102. The Balaban J connectivity index is 1.91. The SMILES string of the molecule is O=C(O)Nc1cc(Nc2ccccc2F)nc(C(=O)Nc2ccccc2)c1. The van der Waals surface area contributed by atoms with Gasteiger partial charge in [0.15, 0.2) is 0 Å². The number of para-hydroxylation sites is 2. The minimum atomic E-state index is -1.30. The van der Waals surface area contributed by atoms with E-state index in [1.807, 2.05) is 6.07 Å². The second-order valence-corrected chi connectivity index (χ2v) is 5.48. The summed E-state index contributed by atoms with van der Waals surface area (Å²) in [7, 11) is 0. The molecule has 0 aliphatic carbocycles. The Kier molecular flexibility index (Phi) is 5.27. The average molecular weight is 366 g/mol. The van der Waals surface area contributed by atoms with Gasteiger partial charge in [-0.05, 0) is 30.3 Å². The lowest BCUT2D eigenvalue weighted by atomic mass is 10.2. The zero-order valence-corrected chi connectivity index (χ0v) is 13.9. The largest absolute Gasteiger partial charge is 0.465 e. The molecule has 3 aromatic rings. The van der Waals surface area contributed by atoms with E-state index in [9.17, 15) is 14.0 Å². The van der Waals surface area contributed by atoms with Gasteiger partial charge in [0.1, 0.15) is 17.3 Å². The van der Waals surface area contributed by atoms with Crippen LogP contribution in [0.3, 0.4) is 0 Å². The van der Waals surface area contributed by atoms with Gasteiger partial charge < -0.3 is 15.7 Å². The van der Waals surface area contributed by atoms with E-state index in [4.69, 9.17) is 5.11 Å². The fourth-order valence-electron chi connectivity index (χ4n) is 2.32. The van der Waals surface area contributed by atoms with Gasteiger partial charge in [0.2, 0.25) is 0 Å². The van der Waals surface area contributed by atoms with Crippen LogP contribution >= 0.6 is 0 Å². The molecule has 0 bridgehead atoms. The van der Waals surface area contributed by atoms with Crippen LogP contribution in [0.2, 0.25) is 0 Å². The van der Waals surface area contributed by atoms with Crippen LogP contribution in [0.4, 0.5) is 32.1 Å². The van der Waals surface area contributed by atoms with Crippen molar-refractivity contribution in [2.75, 3.05) is 16.0 Å². The molecular weight excluding hydrogens is 351 g/mol. The highest BCUT2D eigenvalue weighted by Gasteiger charge is 2.13. The number of aromatic nitrogens is 1. The molecule has 0 aliphatic rings. The smallest absolute Gasteiger partial charge is 0.409 e. The number of carboxylic acid groups (broad SMARTS) is 1. The molecule has 0 spiro atoms. The van der Waals surface area contributed by atoms with Crippen LogP contribution in [-0.4, -0.2) is 22.1 Å². The number of amides is 2. The van der Waals surface area contributed by atoms with Crippen molar-refractivity contribution in [3.63, 3.8) is 0 Å². The Bertz CT molecular complexity index is 980. The summed E-state index contributed by atoms with van der Waals surface area (Å²) in [6.07, 6.45) is -1.30. The summed E-state index contributed by atoms with van der Waals surface area (Å²) in [5, 5.41) is 16.5. The van der Waals surface area contributed by atoms with Crippen molar-refractivity contribution in [2.45, 2.75) is 0 Å². The van der Waals surface area contributed by atoms with Crippen LogP contribution in [-0.2, 0) is 0 Å². The molecule has 1 heterocycles. The lowest BCUT2D eigenvalue weighted by Gasteiger charge is -2.11. The quantitative estimate of drug-likeness (QED) is 0.539. The molecule has 136 valence electrons. The first-order valence-corrected chi connectivity index (χ1v) is 7.91. The van der Waals surface area contributed by atoms with Gasteiger partial charge in [0.05, 0.1) is 11.4 Å². The summed E-state index contributed by atoms with van der Waals surface area (Å²) in [6, 6.07) is 17.3. The number of pyridine rings is 1. The first kappa shape index (κ1) is 17.9. The first-order chi connectivity index (χ1) is 13.0. The molecule has 0 radical (unpaired) electrons. The Morgan fingerprint density at radius 2 is 1.59 bits per heavy atom. The second kappa shape index (κ2) is 7.96. The third-order valence-corrected chi connectivity index (χ3v) is 3.48. The van der Waals surface area contributed by atoms with Crippen molar-refractivity contribution in [2.24, 2.45) is 0 Å². The van der Waals surface area contributed by atoms with E-state index in [0.29, 0.717) is 5.69 Å². The molecule has 2 amide bonds. The summed E-state index contributed by atoms with van der Waals surface area (Å²) in [4.78, 5) is 27.6. The molecule has 4 N–H and O–H groups in total. The van der Waals surface area contributed by atoms with Crippen LogP contribution in [0.15, 0.2) is 66.7 Å². The van der Waals surface area contributed by atoms with Crippen LogP contribution in [0.25, 0.3) is 0 Å².